The molecule has 1 saturated heterocycles. The summed E-state index contributed by atoms with van der Waals surface area (Å²) in [6, 6.07) is 0. The quantitative estimate of drug-likeness (QED) is 0.692. The number of carbonyl (C=O) groups excluding carboxylic acids is 1. The first-order chi connectivity index (χ1) is 15.7. The van der Waals surface area contributed by atoms with Crippen LogP contribution in [-0.4, -0.2) is 85.9 Å². The Balaban J connectivity index is 1.47. The van der Waals surface area contributed by atoms with Gasteiger partial charge in [0.15, 0.2) is 11.2 Å². The normalized spacial score (nSPS) is 18.8. The highest BCUT2D eigenvalue weighted by Crippen LogP contribution is 2.28. The Labute approximate surface area is 192 Å². The molecule has 178 valence electrons. The molecule has 11 heteroatoms. The number of aryl methyl sites for hydroxylation is 1. The van der Waals surface area contributed by atoms with Gasteiger partial charge in [0.05, 0.1) is 19.7 Å². The Morgan fingerprint density at radius 1 is 1.33 bits per heavy atom. The van der Waals surface area contributed by atoms with Crippen molar-refractivity contribution in [1.29, 1.82) is 0 Å². The summed E-state index contributed by atoms with van der Waals surface area (Å²) in [4.78, 5) is 32.0. The number of hydrogen-bond acceptors (Lipinski definition) is 9. The molecule has 0 bridgehead atoms. The molecular formula is C22H31N7O4. The molecular weight excluding hydrogens is 426 g/mol. The average Bonchev–Trinajstić information content (AvgIpc) is 3.37. The van der Waals surface area contributed by atoms with Crippen molar-refractivity contribution < 1.29 is 19.4 Å². The summed E-state index contributed by atoms with van der Waals surface area (Å²) in [7, 11) is 1.91. The second-order valence-corrected chi connectivity index (χ2v) is 9.15. The minimum atomic E-state index is -0.535. The summed E-state index contributed by atoms with van der Waals surface area (Å²) in [5.74, 6) is 2.02. The Morgan fingerprint density at radius 3 is 2.85 bits per heavy atom. The number of ether oxygens (including phenoxy) is 2. The number of fused-ring (bicyclic) bond motifs is 1. The van der Waals surface area contributed by atoms with Gasteiger partial charge in [-0.3, -0.25) is 4.99 Å². The number of aliphatic hydroxyl groups excluding tert-OH is 1. The number of carbonyl (C=O) groups is 1. The fourth-order valence-corrected chi connectivity index (χ4v) is 3.85. The average molecular weight is 458 g/mol. The molecule has 1 fully saturated rings. The van der Waals surface area contributed by atoms with Crippen LogP contribution >= 0.6 is 0 Å². The first-order valence-electron chi connectivity index (χ1n) is 11.1. The van der Waals surface area contributed by atoms with Crippen LogP contribution in [0.3, 0.4) is 0 Å². The number of aliphatic imine (C=N–C) groups is 1. The Bertz CT molecular complexity index is 1090. The number of aromatic nitrogens is 4. The lowest BCUT2D eigenvalue weighted by Gasteiger charge is -2.24. The van der Waals surface area contributed by atoms with Crippen molar-refractivity contribution in [2.75, 3.05) is 32.8 Å². The van der Waals surface area contributed by atoms with Crippen LogP contribution in [0.15, 0.2) is 17.4 Å². The van der Waals surface area contributed by atoms with E-state index in [2.05, 4.69) is 26.4 Å². The molecule has 2 aliphatic rings. The summed E-state index contributed by atoms with van der Waals surface area (Å²) < 4.78 is 13.5. The maximum Gasteiger partial charge on any atom is 0.410 e. The second kappa shape index (κ2) is 9.34. The van der Waals surface area contributed by atoms with Gasteiger partial charge in [-0.2, -0.15) is 4.98 Å². The first-order valence-corrected chi connectivity index (χ1v) is 11.1. The van der Waals surface area contributed by atoms with Crippen molar-refractivity contribution in [1.82, 2.24) is 29.7 Å². The van der Waals surface area contributed by atoms with Crippen LogP contribution in [0, 0.1) is 0 Å². The maximum absolute atomic E-state index is 12.3. The largest absolute Gasteiger partial charge is 0.471 e. The molecule has 1 amide bonds. The number of amidine groups is 1. The Hall–Kier alpha value is -3.21. The molecule has 4 rings (SSSR count). The van der Waals surface area contributed by atoms with Crippen molar-refractivity contribution in [2.24, 2.45) is 12.0 Å². The summed E-state index contributed by atoms with van der Waals surface area (Å²) in [6.45, 7) is 7.60. The number of nitrogens with zero attached hydrogens (tertiary/aromatic N) is 6. The zero-order valence-corrected chi connectivity index (χ0v) is 19.5. The van der Waals surface area contributed by atoms with Crippen molar-refractivity contribution in [3.63, 3.8) is 0 Å². The summed E-state index contributed by atoms with van der Waals surface area (Å²) in [5, 5.41) is 12.1. The smallest absolute Gasteiger partial charge is 0.410 e. The van der Waals surface area contributed by atoms with E-state index in [1.807, 2.05) is 32.4 Å². The number of rotatable bonds is 5. The minimum absolute atomic E-state index is 0.0678. The van der Waals surface area contributed by atoms with Crippen LogP contribution in [0.4, 0.5) is 4.79 Å². The van der Waals surface area contributed by atoms with Crippen LogP contribution in [-0.2, 0) is 11.8 Å². The number of likely N-dealkylation sites (tertiary alicyclic amines) is 1. The van der Waals surface area contributed by atoms with Gasteiger partial charge in [0, 0.05) is 38.6 Å². The predicted molar refractivity (Wildman–Crippen MR) is 123 cm³/mol. The zero-order valence-electron chi connectivity index (χ0n) is 19.5. The van der Waals surface area contributed by atoms with Crippen LogP contribution in [0.1, 0.15) is 39.4 Å². The summed E-state index contributed by atoms with van der Waals surface area (Å²) >= 11 is 0. The van der Waals surface area contributed by atoms with Crippen LogP contribution < -0.4 is 10.1 Å². The van der Waals surface area contributed by atoms with Gasteiger partial charge in [-0.1, -0.05) is 6.08 Å². The lowest BCUT2D eigenvalue weighted by Crippen LogP contribution is -2.36. The third-order valence-corrected chi connectivity index (χ3v) is 5.41. The lowest BCUT2D eigenvalue weighted by atomic mass is 10.1. The molecule has 11 nitrogen and oxygen atoms in total. The van der Waals surface area contributed by atoms with Gasteiger partial charge in [0.25, 0.3) is 0 Å². The van der Waals surface area contributed by atoms with Crippen molar-refractivity contribution in [2.45, 2.75) is 45.3 Å². The van der Waals surface area contributed by atoms with Crippen molar-refractivity contribution >= 4 is 28.7 Å². The van der Waals surface area contributed by atoms with E-state index in [0.717, 1.165) is 17.2 Å². The fourth-order valence-electron chi connectivity index (χ4n) is 3.85. The molecule has 1 atom stereocenters. The molecule has 4 heterocycles. The van der Waals surface area contributed by atoms with Gasteiger partial charge in [-0.25, -0.2) is 14.8 Å². The molecule has 0 aliphatic carbocycles. The topological polar surface area (TPSA) is 127 Å². The van der Waals surface area contributed by atoms with E-state index in [9.17, 15) is 4.79 Å². The molecule has 2 N–H and O–H groups in total. The molecule has 2 aliphatic heterocycles. The number of hydrogen-bond donors (Lipinski definition) is 2. The minimum Gasteiger partial charge on any atom is -0.471 e. The highest BCUT2D eigenvalue weighted by molar-refractivity contribution is 5.89. The second-order valence-electron chi connectivity index (χ2n) is 9.15. The first kappa shape index (κ1) is 23.0. The van der Waals surface area contributed by atoms with E-state index in [1.165, 1.54) is 6.33 Å². The predicted octanol–water partition coefficient (Wildman–Crippen LogP) is 1.52. The van der Waals surface area contributed by atoms with Gasteiger partial charge < -0.3 is 29.4 Å². The molecule has 0 radical (unpaired) electrons. The number of amides is 1. The van der Waals surface area contributed by atoms with E-state index in [-0.39, 0.29) is 18.8 Å². The summed E-state index contributed by atoms with van der Waals surface area (Å²) in [6.07, 6.45) is 4.36. The number of aliphatic hydroxyl groups is 1. The van der Waals surface area contributed by atoms with Crippen LogP contribution in [0.25, 0.3) is 16.7 Å². The Kier molecular flexibility index (Phi) is 6.50. The third-order valence-electron chi connectivity index (χ3n) is 5.41. The Morgan fingerprint density at radius 2 is 2.15 bits per heavy atom. The number of nitrogens with one attached hydrogen (secondary N) is 1. The molecule has 0 saturated carbocycles. The number of imidazole rings is 1. The van der Waals surface area contributed by atoms with E-state index in [4.69, 9.17) is 19.6 Å². The zero-order chi connectivity index (χ0) is 23.6. The molecule has 33 heavy (non-hydrogen) atoms. The SMILES string of the molecule is Cn1c(C2=CCC(NCCO)=NC2)nc2c(OC3CCN(C(=O)OC(C)(C)C)C3)ncnc21. The van der Waals surface area contributed by atoms with Gasteiger partial charge >= 0.3 is 6.09 Å². The van der Waals surface area contributed by atoms with Gasteiger partial charge in [-0.05, 0) is 20.8 Å². The van der Waals surface area contributed by atoms with Gasteiger partial charge in [0.1, 0.15) is 29.7 Å². The van der Waals surface area contributed by atoms with E-state index in [0.29, 0.717) is 56.1 Å². The van der Waals surface area contributed by atoms with E-state index < -0.39 is 5.60 Å². The highest BCUT2D eigenvalue weighted by atomic mass is 16.6. The number of dihydropyridines is 1. The van der Waals surface area contributed by atoms with E-state index >= 15 is 0 Å². The van der Waals surface area contributed by atoms with Gasteiger partial charge in [-0.15, -0.1) is 0 Å². The van der Waals surface area contributed by atoms with Crippen molar-refractivity contribution in [3.05, 3.63) is 18.2 Å². The monoisotopic (exact) mass is 457 g/mol. The molecule has 1 unspecified atom stereocenters. The molecule has 2 aromatic rings. The van der Waals surface area contributed by atoms with Crippen molar-refractivity contribution in [3.8, 4) is 5.88 Å². The molecule has 2 aromatic heterocycles. The van der Waals surface area contributed by atoms with Crippen LogP contribution in [0.2, 0.25) is 0 Å². The lowest BCUT2D eigenvalue weighted by molar-refractivity contribution is 0.0275. The molecule has 0 aromatic carbocycles. The van der Waals surface area contributed by atoms with Gasteiger partial charge in [0.2, 0.25) is 5.88 Å². The molecule has 0 spiro atoms. The van der Waals surface area contributed by atoms with Crippen LogP contribution in [0.5, 0.6) is 5.88 Å². The van der Waals surface area contributed by atoms with E-state index in [1.54, 1.807) is 4.90 Å². The highest BCUT2D eigenvalue weighted by Gasteiger charge is 2.32. The standard InChI is InChI=1S/C22H31N7O4/c1-22(2,3)33-21(31)29-9-7-15(12-29)32-20-17-19(25-13-26-20)28(4)18(27-17)14-5-6-16(24-11-14)23-8-10-30/h5,13,15,30H,6-12H2,1-4H3,(H,23,24). The maximum atomic E-state index is 12.3. The fraction of sp³-hybridized carbons (Fsp3) is 0.591. The summed E-state index contributed by atoms with van der Waals surface area (Å²) in [5.41, 5.74) is 1.71. The third kappa shape index (κ3) is 5.24.